The van der Waals surface area contributed by atoms with Crippen LogP contribution in [0.25, 0.3) is 0 Å². The number of methoxy groups -OCH3 is 1. The monoisotopic (exact) mass is 477 g/mol. The molecule has 0 unspecified atom stereocenters. The van der Waals surface area contributed by atoms with E-state index < -0.39 is 0 Å². The van der Waals surface area contributed by atoms with E-state index in [2.05, 4.69) is 15.6 Å². The SMILES string of the molecule is CN=C(NCc1ccc(Cl)cc1)NCc1ccc(F)c(COC)c1.I. The predicted molar refractivity (Wildman–Crippen MR) is 111 cm³/mol. The molecule has 0 atom stereocenters. The van der Waals surface area contributed by atoms with Gasteiger partial charge in [0.2, 0.25) is 0 Å². The summed E-state index contributed by atoms with van der Waals surface area (Å²) in [7, 11) is 3.26. The maximum Gasteiger partial charge on any atom is 0.191 e. The van der Waals surface area contributed by atoms with E-state index in [-0.39, 0.29) is 36.4 Å². The number of guanidine groups is 1. The summed E-state index contributed by atoms with van der Waals surface area (Å²) in [6.07, 6.45) is 0. The first kappa shape index (κ1) is 21.7. The standard InChI is InChI=1S/C18H21ClFN3O.HI/c1-21-18(22-10-13-3-6-16(19)7-4-13)23-11-14-5-8-17(20)15(9-14)12-24-2;/h3-9H,10-12H2,1-2H3,(H2,21,22,23);1H. The normalized spacial score (nSPS) is 11.0. The Labute approximate surface area is 169 Å². The minimum Gasteiger partial charge on any atom is -0.380 e. The lowest BCUT2D eigenvalue weighted by Gasteiger charge is -2.13. The largest absolute Gasteiger partial charge is 0.380 e. The van der Waals surface area contributed by atoms with Gasteiger partial charge in [-0.15, -0.1) is 24.0 Å². The number of ether oxygens (including phenoxy) is 1. The average Bonchev–Trinajstić information content (AvgIpc) is 2.59. The van der Waals surface area contributed by atoms with Gasteiger partial charge in [0, 0.05) is 37.8 Å². The second-order valence-electron chi connectivity index (χ2n) is 5.26. The molecule has 2 aromatic carbocycles. The van der Waals surface area contributed by atoms with Crippen LogP contribution in [0.1, 0.15) is 16.7 Å². The molecular formula is C18H22ClFIN3O. The number of aliphatic imine (C=N–C) groups is 1. The van der Waals surface area contributed by atoms with Gasteiger partial charge in [0.15, 0.2) is 5.96 Å². The second kappa shape index (κ2) is 11.3. The highest BCUT2D eigenvalue weighted by atomic mass is 127. The van der Waals surface area contributed by atoms with Crippen molar-refractivity contribution in [1.82, 2.24) is 10.6 Å². The van der Waals surface area contributed by atoms with Gasteiger partial charge in [0.1, 0.15) is 5.82 Å². The van der Waals surface area contributed by atoms with E-state index in [0.717, 1.165) is 11.1 Å². The van der Waals surface area contributed by atoms with Crippen molar-refractivity contribution >= 4 is 41.5 Å². The Balaban J connectivity index is 0.00000312. The van der Waals surface area contributed by atoms with Crippen molar-refractivity contribution in [1.29, 1.82) is 0 Å². The minimum absolute atomic E-state index is 0. The van der Waals surface area contributed by atoms with Crippen LogP contribution < -0.4 is 10.6 Å². The maximum atomic E-state index is 13.6. The summed E-state index contributed by atoms with van der Waals surface area (Å²) < 4.78 is 18.6. The van der Waals surface area contributed by atoms with Gasteiger partial charge >= 0.3 is 0 Å². The van der Waals surface area contributed by atoms with E-state index in [1.807, 2.05) is 24.3 Å². The number of hydrogen-bond acceptors (Lipinski definition) is 2. The lowest BCUT2D eigenvalue weighted by Crippen LogP contribution is -2.36. The number of hydrogen-bond donors (Lipinski definition) is 2. The van der Waals surface area contributed by atoms with Crippen molar-refractivity contribution in [2.45, 2.75) is 19.7 Å². The fourth-order valence-corrected chi connectivity index (χ4v) is 2.32. The van der Waals surface area contributed by atoms with Gasteiger partial charge in [-0.05, 0) is 35.4 Å². The molecule has 0 aliphatic carbocycles. The number of halogens is 3. The number of nitrogens with zero attached hydrogens (tertiary/aromatic N) is 1. The summed E-state index contributed by atoms with van der Waals surface area (Å²) in [5.74, 6) is 0.411. The Bertz CT molecular complexity index is 695. The number of benzene rings is 2. The molecule has 0 saturated carbocycles. The van der Waals surface area contributed by atoms with Gasteiger partial charge in [-0.25, -0.2) is 4.39 Å². The zero-order valence-electron chi connectivity index (χ0n) is 14.2. The molecule has 0 aliphatic heterocycles. The molecule has 0 aliphatic rings. The topological polar surface area (TPSA) is 45.7 Å². The van der Waals surface area contributed by atoms with E-state index in [1.54, 1.807) is 26.3 Å². The molecule has 0 amide bonds. The third-order valence-electron chi connectivity index (χ3n) is 3.47. The van der Waals surface area contributed by atoms with Crippen LogP contribution in [0.3, 0.4) is 0 Å². The Morgan fingerprint density at radius 3 is 2.28 bits per heavy atom. The molecule has 0 bridgehead atoms. The first-order valence-corrected chi connectivity index (χ1v) is 7.95. The van der Waals surface area contributed by atoms with Crippen LogP contribution in [0.15, 0.2) is 47.5 Å². The van der Waals surface area contributed by atoms with Crippen LogP contribution in [0.4, 0.5) is 4.39 Å². The molecule has 0 radical (unpaired) electrons. The zero-order chi connectivity index (χ0) is 17.4. The zero-order valence-corrected chi connectivity index (χ0v) is 17.3. The van der Waals surface area contributed by atoms with Crippen LogP contribution in [0, 0.1) is 5.82 Å². The molecule has 0 aromatic heterocycles. The average molecular weight is 478 g/mol. The fraction of sp³-hybridized carbons (Fsp3) is 0.278. The highest BCUT2D eigenvalue weighted by Crippen LogP contribution is 2.12. The molecule has 7 heteroatoms. The predicted octanol–water partition coefficient (Wildman–Crippen LogP) is 4.11. The molecular weight excluding hydrogens is 456 g/mol. The molecule has 4 nitrogen and oxygen atoms in total. The smallest absolute Gasteiger partial charge is 0.191 e. The van der Waals surface area contributed by atoms with Crippen molar-refractivity contribution in [2.75, 3.05) is 14.2 Å². The summed E-state index contributed by atoms with van der Waals surface area (Å²) in [4.78, 5) is 4.18. The third-order valence-corrected chi connectivity index (χ3v) is 3.72. The Kier molecular flexibility index (Phi) is 9.77. The maximum absolute atomic E-state index is 13.6. The Morgan fingerprint density at radius 2 is 1.68 bits per heavy atom. The molecule has 2 N–H and O–H groups in total. The van der Waals surface area contributed by atoms with Gasteiger partial charge in [-0.3, -0.25) is 4.99 Å². The fourth-order valence-electron chi connectivity index (χ4n) is 2.20. The molecule has 0 heterocycles. The van der Waals surface area contributed by atoms with Crippen LogP contribution in [-0.2, 0) is 24.4 Å². The molecule has 136 valence electrons. The summed E-state index contributed by atoms with van der Waals surface area (Å²) in [6.45, 7) is 1.43. The summed E-state index contributed by atoms with van der Waals surface area (Å²) >= 11 is 5.87. The molecule has 2 aromatic rings. The summed E-state index contributed by atoms with van der Waals surface area (Å²) in [5, 5.41) is 7.14. The molecule has 2 rings (SSSR count). The van der Waals surface area contributed by atoms with Crippen molar-refractivity contribution in [3.63, 3.8) is 0 Å². The first-order valence-electron chi connectivity index (χ1n) is 7.57. The van der Waals surface area contributed by atoms with Crippen LogP contribution >= 0.6 is 35.6 Å². The summed E-state index contributed by atoms with van der Waals surface area (Å²) in [5.41, 5.74) is 2.60. The van der Waals surface area contributed by atoms with E-state index in [0.29, 0.717) is 29.6 Å². The molecule has 0 saturated heterocycles. The van der Waals surface area contributed by atoms with Gasteiger partial charge in [0.25, 0.3) is 0 Å². The number of nitrogens with one attached hydrogen (secondary N) is 2. The van der Waals surface area contributed by atoms with Crippen molar-refractivity contribution in [3.8, 4) is 0 Å². The third kappa shape index (κ3) is 7.17. The Hall–Kier alpha value is -1.38. The highest BCUT2D eigenvalue weighted by molar-refractivity contribution is 14.0. The minimum atomic E-state index is -0.258. The van der Waals surface area contributed by atoms with Crippen molar-refractivity contribution in [3.05, 3.63) is 70.0 Å². The molecule has 0 spiro atoms. The van der Waals surface area contributed by atoms with Gasteiger partial charge in [0.05, 0.1) is 6.61 Å². The molecule has 0 fully saturated rings. The lowest BCUT2D eigenvalue weighted by molar-refractivity contribution is 0.181. The highest BCUT2D eigenvalue weighted by Gasteiger charge is 2.04. The molecule has 25 heavy (non-hydrogen) atoms. The Morgan fingerprint density at radius 1 is 1.08 bits per heavy atom. The van der Waals surface area contributed by atoms with Gasteiger partial charge in [-0.1, -0.05) is 29.8 Å². The van der Waals surface area contributed by atoms with E-state index >= 15 is 0 Å². The van der Waals surface area contributed by atoms with E-state index in [1.165, 1.54) is 6.07 Å². The quantitative estimate of drug-likeness (QED) is 0.374. The van der Waals surface area contributed by atoms with E-state index in [9.17, 15) is 4.39 Å². The number of rotatable bonds is 6. The van der Waals surface area contributed by atoms with Crippen LogP contribution in [0.5, 0.6) is 0 Å². The van der Waals surface area contributed by atoms with E-state index in [4.69, 9.17) is 16.3 Å². The first-order chi connectivity index (χ1) is 11.6. The lowest BCUT2D eigenvalue weighted by atomic mass is 10.1. The van der Waals surface area contributed by atoms with Crippen molar-refractivity contribution in [2.24, 2.45) is 4.99 Å². The van der Waals surface area contributed by atoms with Gasteiger partial charge in [-0.2, -0.15) is 0 Å². The van der Waals surface area contributed by atoms with Crippen LogP contribution in [-0.4, -0.2) is 20.1 Å². The summed E-state index contributed by atoms with van der Waals surface area (Å²) in [6, 6.07) is 12.6. The second-order valence-corrected chi connectivity index (χ2v) is 5.70. The van der Waals surface area contributed by atoms with Crippen LogP contribution in [0.2, 0.25) is 5.02 Å². The van der Waals surface area contributed by atoms with Gasteiger partial charge < -0.3 is 15.4 Å². The van der Waals surface area contributed by atoms with Crippen molar-refractivity contribution < 1.29 is 9.13 Å².